The number of hydrogen-bond acceptors (Lipinski definition) is 7. The molecule has 170 valence electrons. The van der Waals surface area contributed by atoms with Gasteiger partial charge in [0.05, 0.1) is 18.5 Å². The number of pyridine rings is 1. The Kier molecular flexibility index (Phi) is 7.20. The van der Waals surface area contributed by atoms with E-state index in [-0.39, 0.29) is 5.56 Å². The van der Waals surface area contributed by atoms with E-state index >= 15 is 0 Å². The summed E-state index contributed by atoms with van der Waals surface area (Å²) < 4.78 is 9.20. The quantitative estimate of drug-likeness (QED) is 0.329. The highest BCUT2D eigenvalue weighted by atomic mass is 32.2. The number of methoxy groups -OCH3 is 1. The Bertz CT molecular complexity index is 1380. The van der Waals surface area contributed by atoms with Crippen molar-refractivity contribution in [3.8, 4) is 11.4 Å². The molecule has 0 aliphatic carbocycles. The van der Waals surface area contributed by atoms with Gasteiger partial charge in [0.1, 0.15) is 11.4 Å². The molecular weight excluding hydrogens is 454 g/mol. The summed E-state index contributed by atoms with van der Waals surface area (Å²) in [6.07, 6.45) is 6.87. The fourth-order valence-corrected chi connectivity index (χ4v) is 4.96. The number of aromatic nitrogens is 5. The molecule has 0 unspecified atom stereocenters. The summed E-state index contributed by atoms with van der Waals surface area (Å²) in [6, 6.07) is 13.2. The zero-order valence-corrected chi connectivity index (χ0v) is 20.6. The maximum atomic E-state index is 12.6. The van der Waals surface area contributed by atoms with Crippen LogP contribution in [-0.4, -0.2) is 37.5 Å². The molecule has 0 saturated carbocycles. The minimum Gasteiger partial charge on any atom is -0.495 e. The van der Waals surface area contributed by atoms with Gasteiger partial charge in [-0.05, 0) is 43.4 Å². The Labute approximate surface area is 200 Å². The molecule has 0 N–H and O–H groups in total. The van der Waals surface area contributed by atoms with Crippen LogP contribution in [0.4, 0.5) is 0 Å². The number of benzene rings is 1. The Morgan fingerprint density at radius 2 is 2.00 bits per heavy atom. The molecule has 4 rings (SSSR count). The lowest BCUT2D eigenvalue weighted by molar-refractivity contribution is 0.412. The van der Waals surface area contributed by atoms with Crippen LogP contribution in [0, 0.1) is 6.92 Å². The maximum Gasteiger partial charge on any atom is 0.258 e. The normalized spacial score (nSPS) is 11.8. The molecule has 7 nitrogen and oxygen atoms in total. The summed E-state index contributed by atoms with van der Waals surface area (Å²) in [5, 5.41) is 9.70. The molecule has 3 heterocycles. The number of thioether (sulfide) groups is 2. The number of aryl methyl sites for hydroxylation is 1. The number of fused-ring (bicyclic) bond motifs is 1. The first-order chi connectivity index (χ1) is 16.0. The van der Waals surface area contributed by atoms with Gasteiger partial charge in [-0.15, -0.1) is 22.0 Å². The predicted molar refractivity (Wildman–Crippen MR) is 135 cm³/mol. The van der Waals surface area contributed by atoms with E-state index in [2.05, 4.69) is 28.2 Å². The first kappa shape index (κ1) is 23.1. The average Bonchev–Trinajstić information content (AvgIpc) is 3.25. The number of allylic oxidation sites excluding steroid dienone is 1. The fraction of sp³-hybridized carbons (Fsp3) is 0.250. The van der Waals surface area contributed by atoms with Crippen molar-refractivity contribution >= 4 is 34.1 Å². The molecule has 1 aromatic carbocycles. The first-order valence-electron chi connectivity index (χ1n) is 10.5. The van der Waals surface area contributed by atoms with Gasteiger partial charge in [0.25, 0.3) is 5.56 Å². The molecule has 33 heavy (non-hydrogen) atoms. The van der Waals surface area contributed by atoms with Crippen LogP contribution < -0.4 is 10.3 Å². The summed E-state index contributed by atoms with van der Waals surface area (Å²) in [6.45, 7) is 4.05. The third kappa shape index (κ3) is 4.84. The fourth-order valence-electron chi connectivity index (χ4n) is 3.48. The molecule has 0 aliphatic rings. The van der Waals surface area contributed by atoms with Gasteiger partial charge in [-0.1, -0.05) is 43.0 Å². The summed E-state index contributed by atoms with van der Waals surface area (Å²) in [4.78, 5) is 18.3. The van der Waals surface area contributed by atoms with Crippen LogP contribution in [0.25, 0.3) is 16.2 Å². The summed E-state index contributed by atoms with van der Waals surface area (Å²) >= 11 is 3.12. The zero-order chi connectivity index (χ0) is 23.4. The first-order valence-corrected chi connectivity index (χ1v) is 12.7. The molecule has 3 aromatic heterocycles. The van der Waals surface area contributed by atoms with Crippen molar-refractivity contribution in [2.45, 2.75) is 31.2 Å². The van der Waals surface area contributed by atoms with E-state index in [1.807, 2.05) is 54.1 Å². The van der Waals surface area contributed by atoms with Crippen molar-refractivity contribution in [3.63, 3.8) is 0 Å². The second-order valence-corrected chi connectivity index (χ2v) is 9.09. The lowest BCUT2D eigenvalue weighted by Gasteiger charge is -2.14. The van der Waals surface area contributed by atoms with E-state index in [0.717, 1.165) is 34.2 Å². The van der Waals surface area contributed by atoms with E-state index < -0.39 is 0 Å². The standard InChI is InChI=1S/C24H25N5O2S2/c1-5-8-20(32-4)23-26-27-24(29(23)18-9-6-7-10-19(18)31-3)33-15-17-13-22(30)28-14-16(2)11-12-21(28)25-17/h6-14H,5,15H2,1-4H3. The van der Waals surface area contributed by atoms with Crippen LogP contribution in [0.2, 0.25) is 0 Å². The van der Waals surface area contributed by atoms with Crippen LogP contribution >= 0.6 is 23.5 Å². The van der Waals surface area contributed by atoms with Crippen molar-refractivity contribution in [2.75, 3.05) is 13.4 Å². The van der Waals surface area contributed by atoms with Crippen molar-refractivity contribution in [1.82, 2.24) is 24.1 Å². The molecule has 4 aromatic rings. The molecule has 0 bridgehead atoms. The van der Waals surface area contributed by atoms with E-state index in [1.165, 1.54) is 11.8 Å². The smallest absolute Gasteiger partial charge is 0.258 e. The molecule has 0 atom stereocenters. The number of nitrogens with zero attached hydrogens (tertiary/aromatic N) is 5. The van der Waals surface area contributed by atoms with Crippen molar-refractivity contribution < 1.29 is 4.74 Å². The van der Waals surface area contributed by atoms with Crippen LogP contribution in [0.15, 0.2) is 64.7 Å². The van der Waals surface area contributed by atoms with E-state index in [4.69, 9.17) is 4.74 Å². The molecule has 0 radical (unpaired) electrons. The second kappa shape index (κ2) is 10.3. The van der Waals surface area contributed by atoms with E-state index in [9.17, 15) is 4.79 Å². The van der Waals surface area contributed by atoms with Gasteiger partial charge in [-0.2, -0.15) is 0 Å². The second-order valence-electron chi connectivity index (χ2n) is 7.30. The largest absolute Gasteiger partial charge is 0.495 e. The van der Waals surface area contributed by atoms with Crippen LogP contribution in [0.5, 0.6) is 5.75 Å². The molecule has 0 spiro atoms. The number of ether oxygens (including phenoxy) is 1. The number of hydrogen-bond donors (Lipinski definition) is 0. The molecule has 9 heteroatoms. The Morgan fingerprint density at radius 1 is 1.18 bits per heavy atom. The third-order valence-corrected chi connectivity index (χ3v) is 6.75. The summed E-state index contributed by atoms with van der Waals surface area (Å²) in [5.74, 6) is 1.98. The molecule has 0 amide bonds. The highest BCUT2D eigenvalue weighted by Gasteiger charge is 2.20. The van der Waals surface area contributed by atoms with Gasteiger partial charge in [-0.3, -0.25) is 13.8 Å². The maximum absolute atomic E-state index is 12.6. The lowest BCUT2D eigenvalue weighted by atomic mass is 10.3. The number of para-hydroxylation sites is 2. The summed E-state index contributed by atoms with van der Waals surface area (Å²) in [7, 11) is 1.65. The van der Waals surface area contributed by atoms with E-state index in [1.54, 1.807) is 35.5 Å². The van der Waals surface area contributed by atoms with Gasteiger partial charge in [0, 0.05) is 22.9 Å². The SMILES string of the molecule is CCC=C(SC)c1nnc(SCc2cc(=O)n3cc(C)ccc3n2)n1-c1ccccc1OC. The minimum absolute atomic E-state index is 0.0956. The van der Waals surface area contributed by atoms with Gasteiger partial charge >= 0.3 is 0 Å². The van der Waals surface area contributed by atoms with E-state index in [0.29, 0.717) is 22.3 Å². The van der Waals surface area contributed by atoms with Gasteiger partial charge in [0.2, 0.25) is 0 Å². The summed E-state index contributed by atoms with van der Waals surface area (Å²) in [5.41, 5.74) is 3.10. The predicted octanol–water partition coefficient (Wildman–Crippen LogP) is 5.00. The zero-order valence-electron chi connectivity index (χ0n) is 19.0. The van der Waals surface area contributed by atoms with Gasteiger partial charge < -0.3 is 4.74 Å². The van der Waals surface area contributed by atoms with Crippen LogP contribution in [0.3, 0.4) is 0 Å². The third-order valence-electron chi connectivity index (χ3n) is 5.00. The minimum atomic E-state index is -0.0956. The van der Waals surface area contributed by atoms with Gasteiger partial charge in [0.15, 0.2) is 11.0 Å². The Hall–Kier alpha value is -3.04. The lowest BCUT2D eigenvalue weighted by Crippen LogP contribution is -2.15. The molecule has 0 saturated heterocycles. The van der Waals surface area contributed by atoms with Crippen molar-refractivity contribution in [2.24, 2.45) is 0 Å². The van der Waals surface area contributed by atoms with Crippen LogP contribution in [-0.2, 0) is 5.75 Å². The van der Waals surface area contributed by atoms with Crippen molar-refractivity contribution in [1.29, 1.82) is 0 Å². The Balaban J connectivity index is 1.75. The highest BCUT2D eigenvalue weighted by Crippen LogP contribution is 2.34. The van der Waals surface area contributed by atoms with Crippen LogP contribution in [0.1, 0.15) is 30.4 Å². The monoisotopic (exact) mass is 479 g/mol. The number of rotatable bonds is 8. The average molecular weight is 480 g/mol. The molecule has 0 fully saturated rings. The highest BCUT2D eigenvalue weighted by molar-refractivity contribution is 8.07. The van der Waals surface area contributed by atoms with Crippen molar-refractivity contribution in [3.05, 3.63) is 82.2 Å². The Morgan fingerprint density at radius 3 is 2.76 bits per heavy atom. The molecular formula is C24H25N5O2S2. The molecule has 0 aliphatic heterocycles. The van der Waals surface area contributed by atoms with Gasteiger partial charge in [-0.25, -0.2) is 4.98 Å². The topological polar surface area (TPSA) is 74.3 Å².